The average Bonchev–Trinajstić information content (AvgIpc) is 2.23. The maximum Gasteiger partial charge on any atom is 0.327 e. The van der Waals surface area contributed by atoms with Crippen LogP contribution in [0.3, 0.4) is 0 Å². The molecular weight excluding hydrogens is 208 g/mol. The highest BCUT2D eigenvalue weighted by Gasteiger charge is 2.00. The summed E-state index contributed by atoms with van der Waals surface area (Å²) in [5.74, 6) is -1.03. The van der Waals surface area contributed by atoms with Gasteiger partial charge < -0.3 is 15.3 Å². The smallest absolute Gasteiger partial charge is 0.327 e. The van der Waals surface area contributed by atoms with E-state index < -0.39 is 18.2 Å². The van der Waals surface area contributed by atoms with Crippen molar-refractivity contribution in [1.82, 2.24) is 0 Å². The topological polar surface area (TPSA) is 77.8 Å². The van der Waals surface area contributed by atoms with Gasteiger partial charge in [0.2, 0.25) is 0 Å². The fourth-order valence-electron chi connectivity index (χ4n) is 1.15. The Hall–Kier alpha value is -1.13. The van der Waals surface area contributed by atoms with Crippen molar-refractivity contribution >= 4 is 5.97 Å². The fourth-order valence-corrected chi connectivity index (χ4v) is 1.15. The Morgan fingerprint density at radius 3 is 2.44 bits per heavy atom. The number of hydrogen-bond acceptors (Lipinski definition) is 3. The van der Waals surface area contributed by atoms with E-state index >= 15 is 0 Å². The van der Waals surface area contributed by atoms with Crippen LogP contribution in [0.15, 0.2) is 24.3 Å². The number of aliphatic hydroxyl groups is 2. The molecule has 3 N–H and O–H groups in total. The lowest BCUT2D eigenvalue weighted by Crippen LogP contribution is -2.06. The van der Waals surface area contributed by atoms with E-state index in [0.29, 0.717) is 6.42 Å². The summed E-state index contributed by atoms with van der Waals surface area (Å²) in [4.78, 5) is 10.1. The quantitative estimate of drug-likeness (QED) is 0.434. The summed E-state index contributed by atoms with van der Waals surface area (Å²) < 4.78 is 0. The molecule has 0 saturated heterocycles. The molecule has 0 bridgehead atoms. The van der Waals surface area contributed by atoms with E-state index in [1.807, 2.05) is 6.92 Å². The zero-order valence-corrected chi connectivity index (χ0v) is 9.54. The molecule has 0 radical (unpaired) electrons. The van der Waals surface area contributed by atoms with Crippen LogP contribution in [0.4, 0.5) is 0 Å². The van der Waals surface area contributed by atoms with Crippen LogP contribution >= 0.6 is 0 Å². The highest BCUT2D eigenvalue weighted by atomic mass is 16.4. The number of aliphatic hydroxyl groups excluding tert-OH is 2. The van der Waals surface area contributed by atoms with Crippen molar-refractivity contribution in [1.29, 1.82) is 0 Å². The van der Waals surface area contributed by atoms with Gasteiger partial charge in [-0.15, -0.1) is 0 Å². The van der Waals surface area contributed by atoms with Gasteiger partial charge >= 0.3 is 5.97 Å². The third-order valence-electron chi connectivity index (χ3n) is 2.05. The molecular formula is C12H20O4. The van der Waals surface area contributed by atoms with Gasteiger partial charge in [0, 0.05) is 6.08 Å². The van der Waals surface area contributed by atoms with E-state index in [4.69, 9.17) is 5.11 Å². The molecule has 2 unspecified atom stereocenters. The number of carboxylic acids is 1. The molecule has 0 amide bonds. The number of hydrogen-bond donors (Lipinski definition) is 3. The molecule has 2 atom stereocenters. The first-order valence-electron chi connectivity index (χ1n) is 5.50. The summed E-state index contributed by atoms with van der Waals surface area (Å²) in [5.41, 5.74) is 0. The van der Waals surface area contributed by atoms with Crippen LogP contribution < -0.4 is 0 Å². The Balaban J connectivity index is 3.80. The maximum atomic E-state index is 10.1. The molecule has 0 aliphatic carbocycles. The zero-order chi connectivity index (χ0) is 12.4. The lowest BCUT2D eigenvalue weighted by molar-refractivity contribution is -0.131. The van der Waals surface area contributed by atoms with Gasteiger partial charge in [-0.3, -0.25) is 0 Å². The van der Waals surface area contributed by atoms with Crippen LogP contribution in [0.5, 0.6) is 0 Å². The Kier molecular flexibility index (Phi) is 8.48. The highest BCUT2D eigenvalue weighted by molar-refractivity contribution is 5.79. The molecule has 0 fully saturated rings. The van der Waals surface area contributed by atoms with Gasteiger partial charge in [0.15, 0.2) is 0 Å². The van der Waals surface area contributed by atoms with Crippen molar-refractivity contribution in [3.8, 4) is 0 Å². The minimum atomic E-state index is -1.03. The summed E-state index contributed by atoms with van der Waals surface area (Å²) >= 11 is 0. The van der Waals surface area contributed by atoms with Crippen molar-refractivity contribution in [2.24, 2.45) is 0 Å². The van der Waals surface area contributed by atoms with Gasteiger partial charge in [0.05, 0.1) is 12.2 Å². The summed E-state index contributed by atoms with van der Waals surface area (Å²) in [7, 11) is 0. The molecule has 16 heavy (non-hydrogen) atoms. The molecule has 0 aliphatic rings. The molecule has 0 aromatic heterocycles. The predicted molar refractivity (Wildman–Crippen MR) is 62.1 cm³/mol. The van der Waals surface area contributed by atoms with Crippen molar-refractivity contribution in [2.75, 3.05) is 0 Å². The number of carbonyl (C=O) groups is 1. The number of unbranched alkanes of at least 4 members (excludes halogenated alkanes) is 1. The van der Waals surface area contributed by atoms with Crippen LogP contribution in [0.2, 0.25) is 0 Å². The summed E-state index contributed by atoms with van der Waals surface area (Å²) in [6.45, 7) is 2.04. The highest BCUT2D eigenvalue weighted by Crippen LogP contribution is 2.03. The van der Waals surface area contributed by atoms with Crippen molar-refractivity contribution in [3.05, 3.63) is 24.3 Å². The average molecular weight is 228 g/mol. The molecule has 0 rings (SSSR count). The number of aliphatic carboxylic acids is 1. The normalized spacial score (nSPS) is 15.7. The zero-order valence-electron chi connectivity index (χ0n) is 9.54. The fraction of sp³-hybridized carbons (Fsp3) is 0.583. The number of carboxylic acid groups (broad SMARTS) is 1. The lowest BCUT2D eigenvalue weighted by atomic mass is 10.1. The standard InChI is InChI=1S/C12H20O4/c1-2-3-5-10(13)8-9-11(14)6-4-7-12(15)16/h4,7-11,13-14H,2-3,5-6H2,1H3,(H,15,16)/b7-4-,9-8-. The first kappa shape index (κ1) is 14.9. The number of rotatable bonds is 8. The Labute approximate surface area is 95.9 Å². The molecule has 0 aliphatic heterocycles. The third kappa shape index (κ3) is 9.43. The first-order chi connectivity index (χ1) is 7.56. The van der Waals surface area contributed by atoms with Gasteiger partial charge in [-0.25, -0.2) is 4.79 Å². The van der Waals surface area contributed by atoms with Gasteiger partial charge in [0.25, 0.3) is 0 Å². The second kappa shape index (κ2) is 9.12. The van der Waals surface area contributed by atoms with Crippen LogP contribution in [-0.2, 0) is 4.79 Å². The summed E-state index contributed by atoms with van der Waals surface area (Å²) in [6, 6.07) is 0. The van der Waals surface area contributed by atoms with Crippen LogP contribution in [-0.4, -0.2) is 33.5 Å². The largest absolute Gasteiger partial charge is 0.478 e. The van der Waals surface area contributed by atoms with Gasteiger partial charge in [-0.2, -0.15) is 0 Å². The summed E-state index contributed by atoms with van der Waals surface area (Å²) in [5, 5.41) is 27.1. The van der Waals surface area contributed by atoms with Gasteiger partial charge in [0.1, 0.15) is 0 Å². The molecule has 4 nitrogen and oxygen atoms in total. The minimum absolute atomic E-state index is 0.239. The predicted octanol–water partition coefficient (Wildman–Crippen LogP) is 1.49. The van der Waals surface area contributed by atoms with Crippen molar-refractivity contribution in [2.45, 2.75) is 44.8 Å². The Morgan fingerprint density at radius 1 is 1.25 bits per heavy atom. The second-order valence-corrected chi connectivity index (χ2v) is 3.64. The third-order valence-corrected chi connectivity index (χ3v) is 2.05. The summed E-state index contributed by atoms with van der Waals surface area (Å²) in [6.07, 6.45) is 7.04. The first-order valence-corrected chi connectivity index (χ1v) is 5.50. The van der Waals surface area contributed by atoms with E-state index in [1.54, 1.807) is 6.08 Å². The van der Waals surface area contributed by atoms with Crippen molar-refractivity contribution in [3.63, 3.8) is 0 Å². The maximum absolute atomic E-state index is 10.1. The lowest BCUT2D eigenvalue weighted by Gasteiger charge is -2.05. The molecule has 0 spiro atoms. The molecule has 0 aromatic carbocycles. The SMILES string of the molecule is CCCCC(O)/C=C\C(O)C/C=C\C(=O)O. The van der Waals surface area contributed by atoms with E-state index in [9.17, 15) is 15.0 Å². The van der Waals surface area contributed by atoms with E-state index in [-0.39, 0.29) is 6.42 Å². The minimum Gasteiger partial charge on any atom is -0.478 e. The Bertz CT molecular complexity index is 245. The Morgan fingerprint density at radius 2 is 1.88 bits per heavy atom. The molecule has 4 heteroatoms. The van der Waals surface area contributed by atoms with Crippen LogP contribution in [0, 0.1) is 0 Å². The molecule has 0 saturated carbocycles. The van der Waals surface area contributed by atoms with Crippen LogP contribution in [0.25, 0.3) is 0 Å². The molecule has 0 aromatic rings. The molecule has 0 heterocycles. The van der Waals surface area contributed by atoms with E-state index in [0.717, 1.165) is 18.9 Å². The van der Waals surface area contributed by atoms with Gasteiger partial charge in [-0.1, -0.05) is 38.0 Å². The monoisotopic (exact) mass is 228 g/mol. The molecule has 92 valence electrons. The van der Waals surface area contributed by atoms with Crippen LogP contribution in [0.1, 0.15) is 32.6 Å². The van der Waals surface area contributed by atoms with E-state index in [2.05, 4.69) is 0 Å². The van der Waals surface area contributed by atoms with Crippen molar-refractivity contribution < 1.29 is 20.1 Å². The van der Waals surface area contributed by atoms with E-state index in [1.165, 1.54) is 12.2 Å². The van der Waals surface area contributed by atoms with Gasteiger partial charge in [-0.05, 0) is 12.8 Å². The second-order valence-electron chi connectivity index (χ2n) is 3.64.